The number of benzene rings is 2. The molecule has 0 atom stereocenters. The van der Waals surface area contributed by atoms with Gasteiger partial charge in [-0.2, -0.15) is 5.10 Å². The van der Waals surface area contributed by atoms with E-state index in [1.807, 2.05) is 24.3 Å². The van der Waals surface area contributed by atoms with E-state index in [0.717, 1.165) is 16.5 Å². The molecule has 2 aromatic carbocycles. The molecule has 0 spiro atoms. The lowest BCUT2D eigenvalue weighted by molar-refractivity contribution is -0.136. The molecule has 0 aliphatic carbocycles. The van der Waals surface area contributed by atoms with Crippen molar-refractivity contribution in [1.82, 2.24) is 10.4 Å². The Balaban J connectivity index is 1.61. The molecule has 1 heterocycles. The van der Waals surface area contributed by atoms with Crippen molar-refractivity contribution < 1.29 is 9.59 Å². The molecule has 6 nitrogen and oxygen atoms in total. The molecule has 0 fully saturated rings. The van der Waals surface area contributed by atoms with Crippen LogP contribution in [0.5, 0.6) is 0 Å². The predicted octanol–water partition coefficient (Wildman–Crippen LogP) is 3.56. The van der Waals surface area contributed by atoms with Crippen LogP contribution in [-0.2, 0) is 9.59 Å². The van der Waals surface area contributed by atoms with E-state index in [4.69, 9.17) is 23.2 Å². The van der Waals surface area contributed by atoms with Crippen LogP contribution in [0.4, 0.5) is 5.69 Å². The first-order chi connectivity index (χ1) is 12.0. The summed E-state index contributed by atoms with van der Waals surface area (Å²) in [5, 5.41) is 7.80. The highest BCUT2D eigenvalue weighted by molar-refractivity contribution is 6.43. The third kappa shape index (κ3) is 3.99. The summed E-state index contributed by atoms with van der Waals surface area (Å²) < 4.78 is 0. The quantitative estimate of drug-likeness (QED) is 0.371. The molecule has 3 rings (SSSR count). The van der Waals surface area contributed by atoms with Gasteiger partial charge in [-0.3, -0.25) is 9.59 Å². The number of halogens is 2. The van der Waals surface area contributed by atoms with E-state index in [2.05, 4.69) is 20.8 Å². The van der Waals surface area contributed by atoms with Gasteiger partial charge in [0.05, 0.1) is 16.3 Å². The molecule has 2 amide bonds. The molecule has 8 heteroatoms. The van der Waals surface area contributed by atoms with Crippen molar-refractivity contribution >= 4 is 57.8 Å². The molecule has 0 saturated carbocycles. The van der Waals surface area contributed by atoms with Gasteiger partial charge in [0.1, 0.15) is 0 Å². The normalized spacial score (nSPS) is 11.0. The zero-order valence-corrected chi connectivity index (χ0v) is 14.2. The van der Waals surface area contributed by atoms with Crippen LogP contribution in [0.25, 0.3) is 10.9 Å². The molecular formula is C17H12Cl2N4O2. The maximum atomic E-state index is 11.8. The fourth-order valence-electron chi connectivity index (χ4n) is 2.17. The average Bonchev–Trinajstić information content (AvgIpc) is 3.01. The summed E-state index contributed by atoms with van der Waals surface area (Å²) in [5.41, 5.74) is 4.28. The Hall–Kier alpha value is -2.83. The van der Waals surface area contributed by atoms with Crippen molar-refractivity contribution in [1.29, 1.82) is 0 Å². The number of H-pyrrole nitrogens is 1. The lowest BCUT2D eigenvalue weighted by atomic mass is 10.2. The van der Waals surface area contributed by atoms with Crippen LogP contribution in [0.3, 0.4) is 0 Å². The number of rotatable bonds is 3. The van der Waals surface area contributed by atoms with Crippen molar-refractivity contribution in [3.05, 3.63) is 64.3 Å². The van der Waals surface area contributed by atoms with Crippen LogP contribution in [0.15, 0.2) is 53.8 Å². The van der Waals surface area contributed by atoms with E-state index >= 15 is 0 Å². The predicted molar refractivity (Wildman–Crippen MR) is 99.1 cm³/mol. The average molecular weight is 375 g/mol. The van der Waals surface area contributed by atoms with Gasteiger partial charge in [0.2, 0.25) is 0 Å². The minimum atomic E-state index is -0.901. The number of aromatic amines is 1. The van der Waals surface area contributed by atoms with Crippen LogP contribution >= 0.6 is 23.2 Å². The van der Waals surface area contributed by atoms with E-state index < -0.39 is 11.8 Å². The van der Waals surface area contributed by atoms with E-state index in [1.54, 1.807) is 6.20 Å². The second-order valence-corrected chi connectivity index (χ2v) is 5.89. The number of para-hydroxylation sites is 1. The van der Waals surface area contributed by atoms with Crippen molar-refractivity contribution in [2.45, 2.75) is 0 Å². The molecular weight excluding hydrogens is 363 g/mol. The summed E-state index contributed by atoms with van der Waals surface area (Å²) in [4.78, 5) is 26.7. The van der Waals surface area contributed by atoms with Gasteiger partial charge in [0.15, 0.2) is 0 Å². The number of amides is 2. The summed E-state index contributed by atoms with van der Waals surface area (Å²) in [6, 6.07) is 12.2. The van der Waals surface area contributed by atoms with Crippen molar-refractivity contribution in [3.63, 3.8) is 0 Å². The van der Waals surface area contributed by atoms with Gasteiger partial charge < -0.3 is 10.3 Å². The molecule has 0 aliphatic heterocycles. The highest BCUT2D eigenvalue weighted by atomic mass is 35.5. The van der Waals surface area contributed by atoms with Crippen molar-refractivity contribution in [3.8, 4) is 0 Å². The first kappa shape index (κ1) is 17.0. The second kappa shape index (κ2) is 7.38. The Kier molecular flexibility index (Phi) is 5.02. The molecule has 1 aromatic heterocycles. The minimum absolute atomic E-state index is 0.275. The molecule has 3 aromatic rings. The third-order valence-electron chi connectivity index (χ3n) is 3.37. The number of carbonyl (C=O) groups is 2. The number of fused-ring (bicyclic) bond motifs is 1. The van der Waals surface area contributed by atoms with Crippen LogP contribution in [0.1, 0.15) is 5.56 Å². The fourth-order valence-corrected chi connectivity index (χ4v) is 2.47. The zero-order chi connectivity index (χ0) is 17.8. The maximum Gasteiger partial charge on any atom is 0.329 e. The topological polar surface area (TPSA) is 86.3 Å². The number of hydrogen-bond donors (Lipinski definition) is 3. The minimum Gasteiger partial charge on any atom is -0.361 e. The number of anilines is 1. The maximum absolute atomic E-state index is 11.8. The lowest BCUT2D eigenvalue weighted by Crippen LogP contribution is -2.32. The SMILES string of the molecule is O=C(NN=Cc1c[nH]c2ccccc12)C(=O)Nc1ccc(Cl)c(Cl)c1. The summed E-state index contributed by atoms with van der Waals surface area (Å²) in [6.07, 6.45) is 3.22. The molecule has 3 N–H and O–H groups in total. The molecule has 25 heavy (non-hydrogen) atoms. The molecule has 0 bridgehead atoms. The molecule has 0 radical (unpaired) electrons. The Bertz CT molecular complexity index is 982. The lowest BCUT2D eigenvalue weighted by Gasteiger charge is -2.05. The van der Waals surface area contributed by atoms with Crippen LogP contribution in [0, 0.1) is 0 Å². The molecule has 0 aliphatic rings. The number of hydrogen-bond acceptors (Lipinski definition) is 3. The summed E-state index contributed by atoms with van der Waals surface area (Å²) >= 11 is 11.6. The standard InChI is InChI=1S/C17H12Cl2N4O2/c18-13-6-5-11(7-14(13)19)22-16(24)17(25)23-21-9-10-8-20-15-4-2-1-3-12(10)15/h1-9,20H,(H,22,24)(H,23,25). The zero-order valence-electron chi connectivity index (χ0n) is 12.7. The number of aromatic nitrogens is 1. The second-order valence-electron chi connectivity index (χ2n) is 5.07. The molecule has 0 saturated heterocycles. The van der Waals surface area contributed by atoms with E-state index in [-0.39, 0.29) is 5.02 Å². The highest BCUT2D eigenvalue weighted by Crippen LogP contribution is 2.24. The Morgan fingerprint density at radius 1 is 1.04 bits per heavy atom. The van der Waals surface area contributed by atoms with Crippen LogP contribution in [-0.4, -0.2) is 23.0 Å². The summed E-state index contributed by atoms with van der Waals surface area (Å²) in [5.74, 6) is -1.77. The number of hydrazone groups is 1. The van der Waals surface area contributed by atoms with Crippen LogP contribution < -0.4 is 10.7 Å². The monoisotopic (exact) mass is 374 g/mol. The largest absolute Gasteiger partial charge is 0.361 e. The fraction of sp³-hybridized carbons (Fsp3) is 0. The number of carbonyl (C=O) groups excluding carboxylic acids is 2. The van der Waals surface area contributed by atoms with Gasteiger partial charge in [-0.15, -0.1) is 0 Å². The van der Waals surface area contributed by atoms with E-state index in [1.165, 1.54) is 24.4 Å². The van der Waals surface area contributed by atoms with E-state index in [9.17, 15) is 9.59 Å². The summed E-state index contributed by atoms with van der Waals surface area (Å²) in [6.45, 7) is 0. The third-order valence-corrected chi connectivity index (χ3v) is 4.11. The Morgan fingerprint density at radius 2 is 1.84 bits per heavy atom. The van der Waals surface area contributed by atoms with Gasteiger partial charge in [0.25, 0.3) is 0 Å². The van der Waals surface area contributed by atoms with Gasteiger partial charge in [-0.05, 0) is 24.3 Å². The van der Waals surface area contributed by atoms with Gasteiger partial charge in [-0.25, -0.2) is 5.43 Å². The molecule has 126 valence electrons. The Morgan fingerprint density at radius 3 is 2.64 bits per heavy atom. The van der Waals surface area contributed by atoms with Crippen molar-refractivity contribution in [2.24, 2.45) is 5.10 Å². The summed E-state index contributed by atoms with van der Waals surface area (Å²) in [7, 11) is 0. The van der Waals surface area contributed by atoms with E-state index in [0.29, 0.717) is 10.7 Å². The molecule has 0 unspecified atom stereocenters. The van der Waals surface area contributed by atoms with Crippen molar-refractivity contribution in [2.75, 3.05) is 5.32 Å². The first-order valence-electron chi connectivity index (χ1n) is 7.20. The smallest absolute Gasteiger partial charge is 0.329 e. The first-order valence-corrected chi connectivity index (χ1v) is 7.96. The highest BCUT2D eigenvalue weighted by Gasteiger charge is 2.13. The Labute approximate surface area is 152 Å². The van der Waals surface area contributed by atoms with Gasteiger partial charge in [-0.1, -0.05) is 41.4 Å². The van der Waals surface area contributed by atoms with Gasteiger partial charge in [0, 0.05) is 28.4 Å². The number of nitrogens with zero attached hydrogens (tertiary/aromatic N) is 1. The number of nitrogens with one attached hydrogen (secondary N) is 3. The van der Waals surface area contributed by atoms with Crippen LogP contribution in [0.2, 0.25) is 10.0 Å². The van der Waals surface area contributed by atoms with Gasteiger partial charge >= 0.3 is 11.8 Å².